The van der Waals surface area contributed by atoms with Crippen LogP contribution in [0.2, 0.25) is 0 Å². The van der Waals surface area contributed by atoms with Crippen molar-refractivity contribution in [2.75, 3.05) is 13.6 Å². The maximum absolute atomic E-state index is 12.0. The van der Waals surface area contributed by atoms with Crippen LogP contribution in [0, 0.1) is 5.41 Å². The molecule has 1 aliphatic heterocycles. The summed E-state index contributed by atoms with van der Waals surface area (Å²) in [7, 11) is 2.07. The Kier molecular flexibility index (Phi) is 5.39. The molecule has 1 aliphatic rings. The minimum atomic E-state index is -1.01. The molecule has 6 heteroatoms. The van der Waals surface area contributed by atoms with Gasteiger partial charge in [-0.3, -0.25) is 0 Å². The largest absolute Gasteiger partial charge is 0.480 e. The van der Waals surface area contributed by atoms with E-state index >= 15 is 0 Å². The monoisotopic (exact) mass is 285 g/mol. The molecule has 1 rings (SSSR count). The summed E-state index contributed by atoms with van der Waals surface area (Å²) in [6.07, 6.45) is 1.78. The molecule has 116 valence electrons. The molecule has 2 unspecified atom stereocenters. The molecule has 0 bridgehead atoms. The van der Waals surface area contributed by atoms with Gasteiger partial charge < -0.3 is 20.6 Å². The van der Waals surface area contributed by atoms with Crippen LogP contribution in [0.1, 0.15) is 40.5 Å². The second kappa shape index (κ2) is 6.43. The topological polar surface area (TPSA) is 81.7 Å². The van der Waals surface area contributed by atoms with Crippen molar-refractivity contribution in [2.45, 2.75) is 58.7 Å². The maximum Gasteiger partial charge on any atom is 0.326 e. The highest BCUT2D eigenvalue weighted by Gasteiger charge is 2.33. The number of piperidine rings is 1. The van der Waals surface area contributed by atoms with Gasteiger partial charge in [-0.05, 0) is 32.2 Å². The van der Waals surface area contributed by atoms with Crippen molar-refractivity contribution in [3.8, 4) is 0 Å². The maximum atomic E-state index is 12.0. The van der Waals surface area contributed by atoms with E-state index in [1.165, 1.54) is 0 Å². The zero-order valence-corrected chi connectivity index (χ0v) is 13.1. The molecule has 1 heterocycles. The number of aliphatic carboxylic acids is 1. The predicted octanol–water partition coefficient (Wildman–Crippen LogP) is 1.27. The van der Waals surface area contributed by atoms with E-state index in [0.717, 1.165) is 19.4 Å². The van der Waals surface area contributed by atoms with Crippen molar-refractivity contribution in [1.29, 1.82) is 0 Å². The number of hydrogen-bond acceptors (Lipinski definition) is 3. The Balaban J connectivity index is 2.52. The Bertz CT molecular complexity index is 365. The molecule has 3 N–H and O–H groups in total. The van der Waals surface area contributed by atoms with Crippen molar-refractivity contribution in [1.82, 2.24) is 15.5 Å². The number of hydrogen-bond donors (Lipinski definition) is 3. The summed E-state index contributed by atoms with van der Waals surface area (Å²) in [5.74, 6) is -1.01. The fourth-order valence-corrected chi connectivity index (χ4v) is 2.43. The lowest BCUT2D eigenvalue weighted by atomic mass is 9.87. The van der Waals surface area contributed by atoms with Crippen LogP contribution in [0.25, 0.3) is 0 Å². The second-order valence-electron chi connectivity index (χ2n) is 6.81. The van der Waals surface area contributed by atoms with Gasteiger partial charge in [0.25, 0.3) is 0 Å². The first-order chi connectivity index (χ1) is 9.11. The first-order valence-electron chi connectivity index (χ1n) is 7.11. The quantitative estimate of drug-likeness (QED) is 0.729. The van der Waals surface area contributed by atoms with Gasteiger partial charge in [0.15, 0.2) is 0 Å². The van der Waals surface area contributed by atoms with Gasteiger partial charge in [0.2, 0.25) is 0 Å². The number of carboxylic acid groups (broad SMARTS) is 1. The summed E-state index contributed by atoms with van der Waals surface area (Å²) in [5.41, 5.74) is -0.525. The van der Waals surface area contributed by atoms with Crippen LogP contribution in [0.3, 0.4) is 0 Å². The number of amides is 2. The molecule has 1 fully saturated rings. The van der Waals surface area contributed by atoms with E-state index in [1.807, 2.05) is 0 Å². The highest BCUT2D eigenvalue weighted by molar-refractivity contribution is 5.83. The number of urea groups is 1. The summed E-state index contributed by atoms with van der Waals surface area (Å²) in [6, 6.07) is -0.761. The van der Waals surface area contributed by atoms with E-state index < -0.39 is 23.5 Å². The van der Waals surface area contributed by atoms with Gasteiger partial charge in [-0.15, -0.1) is 0 Å². The van der Waals surface area contributed by atoms with Gasteiger partial charge in [-0.25, -0.2) is 9.59 Å². The molecule has 3 atom stereocenters. The summed E-state index contributed by atoms with van der Waals surface area (Å²) in [5, 5.41) is 14.6. The van der Waals surface area contributed by atoms with Crippen molar-refractivity contribution in [3.05, 3.63) is 0 Å². The molecule has 6 nitrogen and oxygen atoms in total. The average Bonchev–Trinajstić information content (AvgIpc) is 2.29. The lowest BCUT2D eigenvalue weighted by Gasteiger charge is -2.36. The molecule has 0 aromatic rings. The van der Waals surface area contributed by atoms with E-state index in [2.05, 4.69) is 29.5 Å². The van der Waals surface area contributed by atoms with E-state index in [4.69, 9.17) is 0 Å². The lowest BCUT2D eigenvalue weighted by molar-refractivity contribution is -0.141. The molecule has 0 aromatic carbocycles. The molecule has 0 aromatic heterocycles. The van der Waals surface area contributed by atoms with Crippen LogP contribution in [-0.2, 0) is 4.79 Å². The van der Waals surface area contributed by atoms with Gasteiger partial charge in [0, 0.05) is 18.6 Å². The van der Waals surface area contributed by atoms with Crippen molar-refractivity contribution in [2.24, 2.45) is 5.41 Å². The fourth-order valence-electron chi connectivity index (χ4n) is 2.43. The first kappa shape index (κ1) is 16.8. The number of carbonyl (C=O) groups is 2. The van der Waals surface area contributed by atoms with Crippen LogP contribution >= 0.6 is 0 Å². The Morgan fingerprint density at radius 1 is 1.35 bits per heavy atom. The third-order valence-electron chi connectivity index (χ3n) is 3.93. The third kappa shape index (κ3) is 4.67. The van der Waals surface area contributed by atoms with Crippen LogP contribution < -0.4 is 10.6 Å². The second-order valence-corrected chi connectivity index (χ2v) is 6.81. The van der Waals surface area contributed by atoms with Gasteiger partial charge >= 0.3 is 12.0 Å². The molecule has 0 saturated carbocycles. The summed E-state index contributed by atoms with van der Waals surface area (Å²) >= 11 is 0. The molecular formula is C14H27N3O3. The van der Waals surface area contributed by atoms with Crippen LogP contribution in [0.15, 0.2) is 0 Å². The smallest absolute Gasteiger partial charge is 0.326 e. The Morgan fingerprint density at radius 3 is 2.40 bits per heavy atom. The Morgan fingerprint density at radius 2 is 1.95 bits per heavy atom. The van der Waals surface area contributed by atoms with E-state index in [-0.39, 0.29) is 6.04 Å². The van der Waals surface area contributed by atoms with Crippen molar-refractivity contribution >= 4 is 12.0 Å². The van der Waals surface area contributed by atoms with Gasteiger partial charge in [-0.1, -0.05) is 20.8 Å². The molecule has 20 heavy (non-hydrogen) atoms. The standard InChI is InChI=1S/C14H27N3O3/c1-9-8-10(6-7-17(9)5)15-13(20)16-11(12(18)19)14(2,3)4/h9-11H,6-8H2,1-5H3,(H,18,19)(H2,15,16,20)/t9?,10?,11-/m1/s1. The SMILES string of the molecule is CC1CC(NC(=O)N[C@H](C(=O)O)C(C)(C)C)CCN1C. The highest BCUT2D eigenvalue weighted by atomic mass is 16.4. The number of likely N-dealkylation sites (tertiary alicyclic amines) is 1. The zero-order chi connectivity index (χ0) is 15.5. The Labute approximate surface area is 120 Å². The molecular weight excluding hydrogens is 258 g/mol. The summed E-state index contributed by atoms with van der Waals surface area (Å²) in [4.78, 5) is 25.4. The van der Waals surface area contributed by atoms with Crippen molar-refractivity contribution < 1.29 is 14.7 Å². The molecule has 1 saturated heterocycles. The lowest BCUT2D eigenvalue weighted by Crippen LogP contribution is -2.55. The van der Waals surface area contributed by atoms with Crippen LogP contribution in [0.5, 0.6) is 0 Å². The molecule has 0 spiro atoms. The van der Waals surface area contributed by atoms with E-state index in [1.54, 1.807) is 20.8 Å². The summed E-state index contributed by atoms with van der Waals surface area (Å²) in [6.45, 7) is 8.45. The number of nitrogens with one attached hydrogen (secondary N) is 2. The normalized spacial score (nSPS) is 25.9. The van der Waals surface area contributed by atoms with Gasteiger partial charge in [0.05, 0.1) is 0 Å². The third-order valence-corrected chi connectivity index (χ3v) is 3.93. The molecule has 2 amide bonds. The number of carboxylic acids is 1. The van der Waals surface area contributed by atoms with Crippen molar-refractivity contribution in [3.63, 3.8) is 0 Å². The van der Waals surface area contributed by atoms with Gasteiger partial charge in [0.1, 0.15) is 6.04 Å². The number of nitrogens with zero attached hydrogens (tertiary/aromatic N) is 1. The fraction of sp³-hybridized carbons (Fsp3) is 0.857. The van der Waals surface area contributed by atoms with E-state index in [0.29, 0.717) is 6.04 Å². The summed E-state index contributed by atoms with van der Waals surface area (Å²) < 4.78 is 0. The minimum Gasteiger partial charge on any atom is -0.480 e. The van der Waals surface area contributed by atoms with Crippen LogP contribution in [-0.4, -0.2) is 53.7 Å². The number of rotatable bonds is 3. The van der Waals surface area contributed by atoms with E-state index in [9.17, 15) is 14.7 Å². The average molecular weight is 285 g/mol. The first-order valence-corrected chi connectivity index (χ1v) is 7.11. The Hall–Kier alpha value is -1.30. The minimum absolute atomic E-state index is 0.107. The predicted molar refractivity (Wildman–Crippen MR) is 77.7 cm³/mol. The zero-order valence-electron chi connectivity index (χ0n) is 13.1. The molecule has 0 aliphatic carbocycles. The van der Waals surface area contributed by atoms with Gasteiger partial charge in [-0.2, -0.15) is 0 Å². The molecule has 0 radical (unpaired) electrons. The van der Waals surface area contributed by atoms with Crippen LogP contribution in [0.4, 0.5) is 4.79 Å². The number of carbonyl (C=O) groups excluding carboxylic acids is 1. The highest BCUT2D eigenvalue weighted by Crippen LogP contribution is 2.20.